The standard InChI is InChI=1S/C15H20N2O2/c1-2-5-14(18)16-10-11-17-13-7-4-3-6-12(13)8-9-15(17)19/h3-4,6-7H,2,5,8-11H2,1H3,(H,16,18). The molecule has 1 N–H and O–H groups in total. The summed E-state index contributed by atoms with van der Waals surface area (Å²) in [5.41, 5.74) is 2.20. The number of carbonyl (C=O) groups excluding carboxylic acids is 2. The average molecular weight is 260 g/mol. The third-order valence-corrected chi connectivity index (χ3v) is 3.33. The summed E-state index contributed by atoms with van der Waals surface area (Å²) in [4.78, 5) is 25.2. The molecule has 2 rings (SSSR count). The zero-order chi connectivity index (χ0) is 13.7. The highest BCUT2D eigenvalue weighted by atomic mass is 16.2. The molecule has 0 bridgehead atoms. The molecule has 2 amide bonds. The number of benzene rings is 1. The van der Waals surface area contributed by atoms with Gasteiger partial charge in [0.1, 0.15) is 0 Å². The summed E-state index contributed by atoms with van der Waals surface area (Å²) in [6, 6.07) is 7.97. The van der Waals surface area contributed by atoms with Gasteiger partial charge in [-0.2, -0.15) is 0 Å². The molecule has 1 aromatic carbocycles. The molecule has 0 unspecified atom stereocenters. The molecule has 0 saturated heterocycles. The van der Waals surface area contributed by atoms with Crippen LogP contribution in [0.5, 0.6) is 0 Å². The number of amides is 2. The van der Waals surface area contributed by atoms with Crippen molar-refractivity contribution in [2.24, 2.45) is 0 Å². The number of nitrogens with one attached hydrogen (secondary N) is 1. The van der Waals surface area contributed by atoms with E-state index < -0.39 is 0 Å². The maximum atomic E-state index is 12.0. The molecule has 4 nitrogen and oxygen atoms in total. The topological polar surface area (TPSA) is 49.4 Å². The van der Waals surface area contributed by atoms with E-state index in [1.165, 1.54) is 5.56 Å². The minimum atomic E-state index is 0.0558. The lowest BCUT2D eigenvalue weighted by Crippen LogP contribution is -2.41. The van der Waals surface area contributed by atoms with E-state index in [0.29, 0.717) is 25.9 Å². The van der Waals surface area contributed by atoms with Gasteiger partial charge in [0.05, 0.1) is 0 Å². The number of hydrogen-bond donors (Lipinski definition) is 1. The first-order valence-corrected chi connectivity index (χ1v) is 6.87. The summed E-state index contributed by atoms with van der Waals surface area (Å²) >= 11 is 0. The number of fused-ring (bicyclic) bond motifs is 1. The number of aryl methyl sites for hydroxylation is 1. The number of nitrogens with zero attached hydrogens (tertiary/aromatic N) is 1. The van der Waals surface area contributed by atoms with Crippen LogP contribution in [0, 0.1) is 0 Å². The van der Waals surface area contributed by atoms with Crippen LogP contribution < -0.4 is 10.2 Å². The summed E-state index contributed by atoms with van der Waals surface area (Å²) < 4.78 is 0. The Kier molecular flexibility index (Phi) is 4.55. The molecule has 1 aliphatic rings. The molecule has 102 valence electrons. The largest absolute Gasteiger partial charge is 0.354 e. The van der Waals surface area contributed by atoms with E-state index in [1.807, 2.05) is 25.1 Å². The minimum absolute atomic E-state index is 0.0558. The fraction of sp³-hybridized carbons (Fsp3) is 0.467. The van der Waals surface area contributed by atoms with Crippen LogP contribution in [0.15, 0.2) is 24.3 Å². The van der Waals surface area contributed by atoms with E-state index in [9.17, 15) is 9.59 Å². The van der Waals surface area contributed by atoms with Crippen molar-refractivity contribution in [2.45, 2.75) is 32.6 Å². The second kappa shape index (κ2) is 6.36. The van der Waals surface area contributed by atoms with Gasteiger partial charge in [0.15, 0.2) is 0 Å². The van der Waals surface area contributed by atoms with Gasteiger partial charge >= 0.3 is 0 Å². The molecule has 0 aromatic heterocycles. The third kappa shape index (κ3) is 3.34. The van der Waals surface area contributed by atoms with Crippen molar-refractivity contribution in [3.8, 4) is 0 Å². The fourth-order valence-electron chi connectivity index (χ4n) is 2.36. The monoisotopic (exact) mass is 260 g/mol. The Hall–Kier alpha value is -1.84. The van der Waals surface area contributed by atoms with E-state index in [-0.39, 0.29) is 11.8 Å². The Bertz CT molecular complexity index is 471. The summed E-state index contributed by atoms with van der Waals surface area (Å²) in [6.45, 7) is 3.04. The molecule has 4 heteroatoms. The first-order chi connectivity index (χ1) is 9.22. The van der Waals surface area contributed by atoms with Crippen molar-refractivity contribution in [3.63, 3.8) is 0 Å². The predicted molar refractivity (Wildman–Crippen MR) is 75.0 cm³/mol. The van der Waals surface area contributed by atoms with Crippen LogP contribution in [-0.4, -0.2) is 24.9 Å². The molecule has 0 saturated carbocycles. The first kappa shape index (κ1) is 13.6. The molecule has 0 spiro atoms. The van der Waals surface area contributed by atoms with Gasteiger partial charge in [-0.3, -0.25) is 9.59 Å². The van der Waals surface area contributed by atoms with E-state index >= 15 is 0 Å². The number of carbonyl (C=O) groups is 2. The van der Waals surface area contributed by atoms with Gasteiger partial charge in [0.25, 0.3) is 0 Å². The summed E-state index contributed by atoms with van der Waals surface area (Å²) in [6.07, 6.45) is 2.76. The van der Waals surface area contributed by atoms with Crippen LogP contribution >= 0.6 is 0 Å². The van der Waals surface area contributed by atoms with E-state index in [0.717, 1.165) is 18.5 Å². The highest BCUT2D eigenvalue weighted by Crippen LogP contribution is 2.26. The number of hydrogen-bond acceptors (Lipinski definition) is 2. The Labute approximate surface area is 113 Å². The summed E-state index contributed by atoms with van der Waals surface area (Å²) in [5, 5.41) is 2.85. The van der Waals surface area contributed by atoms with Crippen molar-refractivity contribution in [3.05, 3.63) is 29.8 Å². The lowest BCUT2D eigenvalue weighted by Gasteiger charge is -2.29. The van der Waals surface area contributed by atoms with Crippen LogP contribution in [0.3, 0.4) is 0 Å². The molecule has 0 atom stereocenters. The lowest BCUT2D eigenvalue weighted by molar-refractivity contribution is -0.121. The zero-order valence-corrected chi connectivity index (χ0v) is 11.3. The second-order valence-corrected chi connectivity index (χ2v) is 4.77. The van der Waals surface area contributed by atoms with Crippen molar-refractivity contribution in [1.82, 2.24) is 5.32 Å². The van der Waals surface area contributed by atoms with Gasteiger partial charge in [0.2, 0.25) is 11.8 Å². The molecular weight excluding hydrogens is 240 g/mol. The Balaban J connectivity index is 1.96. The molecular formula is C15H20N2O2. The van der Waals surface area contributed by atoms with Crippen molar-refractivity contribution >= 4 is 17.5 Å². The normalized spacial score (nSPS) is 14.2. The van der Waals surface area contributed by atoms with Gasteiger partial charge in [-0.25, -0.2) is 0 Å². The second-order valence-electron chi connectivity index (χ2n) is 4.77. The SMILES string of the molecule is CCCC(=O)NCCN1C(=O)CCc2ccccc21. The molecule has 1 aliphatic heterocycles. The smallest absolute Gasteiger partial charge is 0.227 e. The number of anilines is 1. The van der Waals surface area contributed by atoms with Gasteiger partial charge < -0.3 is 10.2 Å². The Morgan fingerprint density at radius 3 is 2.89 bits per heavy atom. The molecule has 1 aromatic rings. The molecule has 0 aliphatic carbocycles. The molecule has 0 fully saturated rings. The van der Waals surface area contributed by atoms with Gasteiger partial charge in [-0.1, -0.05) is 25.1 Å². The Morgan fingerprint density at radius 1 is 1.32 bits per heavy atom. The molecule has 0 radical (unpaired) electrons. The van der Waals surface area contributed by atoms with Crippen LogP contribution in [-0.2, 0) is 16.0 Å². The van der Waals surface area contributed by atoms with Crippen molar-refractivity contribution in [1.29, 1.82) is 0 Å². The van der Waals surface area contributed by atoms with E-state index in [1.54, 1.807) is 4.90 Å². The quantitative estimate of drug-likeness (QED) is 0.878. The summed E-state index contributed by atoms with van der Waals surface area (Å²) in [7, 11) is 0. The molecule has 1 heterocycles. The maximum Gasteiger partial charge on any atom is 0.227 e. The van der Waals surface area contributed by atoms with Crippen molar-refractivity contribution in [2.75, 3.05) is 18.0 Å². The predicted octanol–water partition coefficient (Wildman–Crippen LogP) is 1.88. The fourth-order valence-corrected chi connectivity index (χ4v) is 2.36. The van der Waals surface area contributed by atoms with Gasteiger partial charge in [-0.15, -0.1) is 0 Å². The lowest BCUT2D eigenvalue weighted by atomic mass is 10.0. The first-order valence-electron chi connectivity index (χ1n) is 6.87. The molecule has 19 heavy (non-hydrogen) atoms. The average Bonchev–Trinajstić information content (AvgIpc) is 2.41. The van der Waals surface area contributed by atoms with Crippen LogP contribution in [0.4, 0.5) is 5.69 Å². The van der Waals surface area contributed by atoms with Crippen molar-refractivity contribution < 1.29 is 9.59 Å². The number of para-hydroxylation sites is 1. The maximum absolute atomic E-state index is 12.0. The summed E-state index contributed by atoms with van der Waals surface area (Å²) in [5.74, 6) is 0.198. The van der Waals surface area contributed by atoms with Gasteiger partial charge in [0, 0.05) is 31.6 Å². The zero-order valence-electron chi connectivity index (χ0n) is 11.3. The van der Waals surface area contributed by atoms with E-state index in [4.69, 9.17) is 0 Å². The van der Waals surface area contributed by atoms with Crippen LogP contribution in [0.25, 0.3) is 0 Å². The van der Waals surface area contributed by atoms with Crippen LogP contribution in [0.1, 0.15) is 31.7 Å². The third-order valence-electron chi connectivity index (χ3n) is 3.33. The number of rotatable bonds is 5. The highest BCUT2D eigenvalue weighted by molar-refractivity contribution is 5.96. The van der Waals surface area contributed by atoms with Crippen LogP contribution in [0.2, 0.25) is 0 Å². The highest BCUT2D eigenvalue weighted by Gasteiger charge is 2.23. The Morgan fingerprint density at radius 2 is 2.11 bits per heavy atom. The minimum Gasteiger partial charge on any atom is -0.354 e. The van der Waals surface area contributed by atoms with E-state index in [2.05, 4.69) is 11.4 Å². The van der Waals surface area contributed by atoms with Gasteiger partial charge in [-0.05, 0) is 24.5 Å².